The lowest BCUT2D eigenvalue weighted by Crippen LogP contribution is -2.46. The lowest BCUT2D eigenvalue weighted by atomic mass is 10.2. The minimum atomic E-state index is -0.145. The van der Waals surface area contributed by atoms with Crippen LogP contribution >= 0.6 is 23.4 Å². The van der Waals surface area contributed by atoms with E-state index in [1.54, 1.807) is 6.07 Å². The van der Waals surface area contributed by atoms with Gasteiger partial charge in [-0.2, -0.15) is 0 Å². The van der Waals surface area contributed by atoms with E-state index in [0.29, 0.717) is 22.6 Å². The first-order valence-corrected chi connectivity index (χ1v) is 12.0. The van der Waals surface area contributed by atoms with Crippen LogP contribution in [0.1, 0.15) is 18.4 Å². The van der Waals surface area contributed by atoms with Gasteiger partial charge in [-0.3, -0.25) is 4.79 Å². The van der Waals surface area contributed by atoms with Gasteiger partial charge >= 0.3 is 0 Å². The van der Waals surface area contributed by atoms with Gasteiger partial charge in [0.25, 0.3) is 5.22 Å². The Morgan fingerprint density at radius 2 is 1.91 bits per heavy atom. The molecular formula is C23H26ClN5O2S. The van der Waals surface area contributed by atoms with E-state index in [0.717, 1.165) is 49.7 Å². The number of anilines is 2. The lowest BCUT2D eigenvalue weighted by molar-refractivity contribution is -0.113. The second-order valence-electron chi connectivity index (χ2n) is 7.54. The fourth-order valence-electron chi connectivity index (χ4n) is 3.64. The smallest absolute Gasteiger partial charge is 0.277 e. The number of carbonyl (C=O) groups is 1. The maximum absolute atomic E-state index is 12.6. The molecule has 1 fully saturated rings. The maximum atomic E-state index is 12.6. The number of aromatic nitrogens is 2. The summed E-state index contributed by atoms with van der Waals surface area (Å²) < 4.78 is 5.67. The Morgan fingerprint density at radius 3 is 2.66 bits per heavy atom. The van der Waals surface area contributed by atoms with Crippen molar-refractivity contribution in [3.63, 3.8) is 0 Å². The van der Waals surface area contributed by atoms with Crippen LogP contribution in [0.4, 0.5) is 11.4 Å². The first kappa shape index (κ1) is 22.6. The van der Waals surface area contributed by atoms with Crippen molar-refractivity contribution in [2.24, 2.45) is 0 Å². The molecule has 2 aromatic carbocycles. The predicted octanol–water partition coefficient (Wildman–Crippen LogP) is 4.19. The maximum Gasteiger partial charge on any atom is 0.277 e. The van der Waals surface area contributed by atoms with E-state index in [1.165, 1.54) is 11.8 Å². The van der Waals surface area contributed by atoms with Gasteiger partial charge in [0.1, 0.15) is 0 Å². The molecule has 3 aromatic rings. The highest BCUT2D eigenvalue weighted by Gasteiger charge is 2.20. The van der Waals surface area contributed by atoms with Crippen molar-refractivity contribution in [2.45, 2.75) is 18.6 Å². The Kier molecular flexibility index (Phi) is 7.68. The number of hydrogen-bond donors (Lipinski definition) is 1. The summed E-state index contributed by atoms with van der Waals surface area (Å²) in [6, 6.07) is 15.6. The molecule has 0 radical (unpaired) electrons. The van der Waals surface area contributed by atoms with Crippen LogP contribution in [0.3, 0.4) is 0 Å². The number of benzene rings is 2. The Morgan fingerprint density at radius 1 is 1.12 bits per heavy atom. The zero-order valence-corrected chi connectivity index (χ0v) is 19.5. The van der Waals surface area contributed by atoms with Crippen molar-refractivity contribution in [1.29, 1.82) is 0 Å². The minimum absolute atomic E-state index is 0.145. The second-order valence-corrected chi connectivity index (χ2v) is 8.91. The summed E-state index contributed by atoms with van der Waals surface area (Å²) in [7, 11) is 0. The van der Waals surface area contributed by atoms with Gasteiger partial charge in [-0.1, -0.05) is 60.6 Å². The molecule has 0 atom stereocenters. The number of nitrogens with zero attached hydrogens (tertiary/aromatic N) is 4. The fraction of sp³-hybridized carbons (Fsp3) is 0.348. The van der Waals surface area contributed by atoms with Gasteiger partial charge in [0.2, 0.25) is 11.8 Å². The van der Waals surface area contributed by atoms with Crippen molar-refractivity contribution in [2.75, 3.05) is 48.7 Å². The van der Waals surface area contributed by atoms with E-state index in [-0.39, 0.29) is 11.7 Å². The van der Waals surface area contributed by atoms with Gasteiger partial charge in [-0.25, -0.2) is 0 Å². The predicted molar refractivity (Wildman–Crippen MR) is 129 cm³/mol. The lowest BCUT2D eigenvalue weighted by Gasteiger charge is -2.36. The number of piperazine rings is 1. The third kappa shape index (κ3) is 6.03. The molecule has 0 bridgehead atoms. The van der Waals surface area contributed by atoms with Crippen LogP contribution in [0.5, 0.6) is 0 Å². The molecule has 1 amide bonds. The number of likely N-dealkylation sites (N-methyl/N-ethyl adjacent to an activating group) is 1. The monoisotopic (exact) mass is 471 g/mol. The summed E-state index contributed by atoms with van der Waals surface area (Å²) in [5, 5.41) is 12.1. The first-order valence-electron chi connectivity index (χ1n) is 10.7. The Hall–Kier alpha value is -2.55. The average Bonchev–Trinajstić information content (AvgIpc) is 3.26. The summed E-state index contributed by atoms with van der Waals surface area (Å²) in [5.74, 6) is 0.554. The van der Waals surface area contributed by atoms with Crippen LogP contribution in [0, 0.1) is 0 Å². The molecule has 4 rings (SSSR count). The molecule has 1 aromatic heterocycles. The highest BCUT2D eigenvalue weighted by Crippen LogP contribution is 2.30. The largest absolute Gasteiger partial charge is 0.416 e. The molecule has 0 aliphatic carbocycles. The van der Waals surface area contributed by atoms with Crippen LogP contribution in [-0.4, -0.2) is 59.5 Å². The number of nitrogens with one attached hydrogen (secondary N) is 1. The topological polar surface area (TPSA) is 74.5 Å². The van der Waals surface area contributed by atoms with E-state index in [4.69, 9.17) is 16.0 Å². The summed E-state index contributed by atoms with van der Waals surface area (Å²) in [6.07, 6.45) is 0.567. The molecule has 32 heavy (non-hydrogen) atoms. The van der Waals surface area contributed by atoms with Crippen molar-refractivity contribution < 1.29 is 9.21 Å². The molecule has 1 N–H and O–H groups in total. The van der Waals surface area contributed by atoms with E-state index in [1.807, 2.05) is 42.5 Å². The standard InChI is InChI=1S/C23H26ClN5O2S/c1-2-28-10-12-29(13-11-28)20-9-8-18(24)15-19(20)25-21(30)16-32-23-27-26-22(31-23)14-17-6-4-3-5-7-17/h3-9,15H,2,10-14,16H2,1H3,(H,25,30). The van der Waals surface area contributed by atoms with Crippen LogP contribution in [0.2, 0.25) is 5.02 Å². The molecule has 9 heteroatoms. The third-order valence-corrected chi connectivity index (χ3v) is 6.42. The molecule has 0 unspecified atom stereocenters. The second kappa shape index (κ2) is 10.8. The summed E-state index contributed by atoms with van der Waals surface area (Å²) in [5.41, 5.74) is 2.81. The van der Waals surface area contributed by atoms with Crippen LogP contribution in [-0.2, 0) is 11.2 Å². The Bertz CT molecular complexity index is 1040. The zero-order valence-electron chi connectivity index (χ0n) is 18.0. The molecule has 2 heterocycles. The van der Waals surface area contributed by atoms with Gasteiger partial charge in [-0.15, -0.1) is 10.2 Å². The summed E-state index contributed by atoms with van der Waals surface area (Å²) >= 11 is 7.43. The summed E-state index contributed by atoms with van der Waals surface area (Å²) in [4.78, 5) is 17.3. The average molecular weight is 472 g/mol. The fourth-order valence-corrected chi connectivity index (χ4v) is 4.39. The Balaban J connectivity index is 1.34. The van der Waals surface area contributed by atoms with Gasteiger partial charge < -0.3 is 19.5 Å². The van der Waals surface area contributed by atoms with Gasteiger partial charge in [-0.05, 0) is 30.3 Å². The zero-order chi connectivity index (χ0) is 22.3. The molecule has 1 aliphatic rings. The van der Waals surface area contributed by atoms with Gasteiger partial charge in [0, 0.05) is 31.2 Å². The number of amides is 1. The van der Waals surface area contributed by atoms with Crippen molar-refractivity contribution in [3.8, 4) is 0 Å². The highest BCUT2D eigenvalue weighted by atomic mass is 35.5. The molecule has 168 valence electrons. The minimum Gasteiger partial charge on any atom is -0.416 e. The molecule has 1 aliphatic heterocycles. The third-order valence-electron chi connectivity index (χ3n) is 5.37. The molecule has 7 nitrogen and oxygen atoms in total. The summed E-state index contributed by atoms with van der Waals surface area (Å²) in [6.45, 7) is 7.07. The van der Waals surface area contributed by atoms with Crippen LogP contribution in [0.15, 0.2) is 58.2 Å². The molecule has 0 spiro atoms. The van der Waals surface area contributed by atoms with E-state index < -0.39 is 0 Å². The number of halogens is 1. The number of thioether (sulfide) groups is 1. The highest BCUT2D eigenvalue weighted by molar-refractivity contribution is 7.99. The first-order chi connectivity index (χ1) is 15.6. The number of hydrogen-bond acceptors (Lipinski definition) is 7. The van der Waals surface area contributed by atoms with E-state index in [2.05, 4.69) is 32.2 Å². The van der Waals surface area contributed by atoms with Gasteiger partial charge in [0.15, 0.2) is 0 Å². The number of rotatable bonds is 8. The van der Waals surface area contributed by atoms with E-state index in [9.17, 15) is 4.79 Å². The quantitative estimate of drug-likeness (QED) is 0.494. The van der Waals surface area contributed by atoms with Gasteiger partial charge in [0.05, 0.1) is 23.5 Å². The van der Waals surface area contributed by atoms with Crippen molar-refractivity contribution in [3.05, 3.63) is 65.0 Å². The molecular weight excluding hydrogens is 446 g/mol. The van der Waals surface area contributed by atoms with Crippen LogP contribution in [0.25, 0.3) is 0 Å². The van der Waals surface area contributed by atoms with Crippen molar-refractivity contribution in [1.82, 2.24) is 15.1 Å². The van der Waals surface area contributed by atoms with Crippen molar-refractivity contribution >= 4 is 40.6 Å². The van der Waals surface area contributed by atoms with E-state index >= 15 is 0 Å². The number of carbonyl (C=O) groups excluding carboxylic acids is 1. The van der Waals surface area contributed by atoms with Crippen LogP contribution < -0.4 is 10.2 Å². The SMILES string of the molecule is CCN1CCN(c2ccc(Cl)cc2NC(=O)CSc2nnc(Cc3ccccc3)o2)CC1. The molecule has 0 saturated carbocycles. The Labute approximate surface area is 197 Å². The normalized spacial score (nSPS) is 14.5. The molecule has 1 saturated heterocycles.